The second-order valence-corrected chi connectivity index (χ2v) is 14.1. The van der Waals surface area contributed by atoms with Gasteiger partial charge in [0.15, 0.2) is 0 Å². The van der Waals surface area contributed by atoms with Crippen LogP contribution in [0.3, 0.4) is 0 Å². The first-order valence-corrected chi connectivity index (χ1v) is 17.1. The summed E-state index contributed by atoms with van der Waals surface area (Å²) in [6, 6.07) is 23.7. The first-order chi connectivity index (χ1) is 20.0. The van der Waals surface area contributed by atoms with E-state index in [9.17, 15) is 18.0 Å². The van der Waals surface area contributed by atoms with Gasteiger partial charge in [0.1, 0.15) is 12.6 Å². The lowest BCUT2D eigenvalue weighted by Gasteiger charge is -2.34. The summed E-state index contributed by atoms with van der Waals surface area (Å²) < 4.78 is 28.4. The number of para-hydroxylation sites is 1. The van der Waals surface area contributed by atoms with Gasteiger partial charge in [0, 0.05) is 23.5 Å². The van der Waals surface area contributed by atoms with Crippen LogP contribution < -0.4 is 9.62 Å². The number of hydrogen-bond donors (Lipinski definition) is 1. The Balaban J connectivity index is 1.75. The molecule has 1 aliphatic carbocycles. The molecule has 224 valence electrons. The number of halogens is 1. The quantitative estimate of drug-likeness (QED) is 0.258. The van der Waals surface area contributed by atoms with Crippen LogP contribution >= 0.6 is 15.9 Å². The fourth-order valence-electron chi connectivity index (χ4n) is 5.51. The van der Waals surface area contributed by atoms with E-state index in [4.69, 9.17) is 0 Å². The molecule has 1 fully saturated rings. The van der Waals surface area contributed by atoms with Crippen molar-refractivity contribution in [3.63, 3.8) is 0 Å². The summed E-state index contributed by atoms with van der Waals surface area (Å²) in [5.41, 5.74) is 3.06. The minimum Gasteiger partial charge on any atom is -0.352 e. The topological polar surface area (TPSA) is 86.8 Å². The van der Waals surface area contributed by atoms with Crippen molar-refractivity contribution in [2.24, 2.45) is 0 Å². The van der Waals surface area contributed by atoms with Crippen molar-refractivity contribution in [3.8, 4) is 0 Å². The Morgan fingerprint density at radius 2 is 1.52 bits per heavy atom. The fraction of sp³-hybridized carbons (Fsp3) is 0.394. The zero-order valence-electron chi connectivity index (χ0n) is 24.5. The summed E-state index contributed by atoms with van der Waals surface area (Å²) in [5.74, 6) is -0.614. The lowest BCUT2D eigenvalue weighted by Crippen LogP contribution is -2.54. The van der Waals surface area contributed by atoms with Crippen LogP contribution in [0, 0.1) is 0 Å². The molecule has 4 rings (SSSR count). The molecule has 42 heavy (non-hydrogen) atoms. The Bertz CT molecular complexity index is 1460. The van der Waals surface area contributed by atoms with Gasteiger partial charge in [0.2, 0.25) is 21.8 Å². The highest BCUT2D eigenvalue weighted by molar-refractivity contribution is 9.10. The van der Waals surface area contributed by atoms with Gasteiger partial charge in [0.05, 0.1) is 11.9 Å². The van der Waals surface area contributed by atoms with Gasteiger partial charge >= 0.3 is 0 Å². The molecule has 0 spiro atoms. The van der Waals surface area contributed by atoms with Crippen LogP contribution in [0.2, 0.25) is 0 Å². The summed E-state index contributed by atoms with van der Waals surface area (Å²) in [7, 11) is -3.83. The lowest BCUT2D eigenvalue weighted by molar-refractivity contribution is -0.140. The van der Waals surface area contributed by atoms with E-state index in [2.05, 4.69) is 21.2 Å². The van der Waals surface area contributed by atoms with Gasteiger partial charge in [-0.25, -0.2) is 8.42 Å². The van der Waals surface area contributed by atoms with Crippen LogP contribution in [-0.2, 0) is 32.6 Å². The number of nitrogens with one attached hydrogen (secondary N) is 1. The molecule has 0 radical (unpaired) electrons. The van der Waals surface area contributed by atoms with Crippen molar-refractivity contribution in [3.05, 3.63) is 100 Å². The molecule has 1 aliphatic rings. The Labute approximate surface area is 258 Å². The molecule has 2 amide bonds. The number of nitrogens with zero attached hydrogens (tertiary/aromatic N) is 2. The van der Waals surface area contributed by atoms with Crippen LogP contribution in [0.1, 0.15) is 62.1 Å². The summed E-state index contributed by atoms with van der Waals surface area (Å²) in [4.78, 5) is 29.8. The van der Waals surface area contributed by atoms with Crippen LogP contribution in [0.5, 0.6) is 0 Å². The van der Waals surface area contributed by atoms with E-state index in [0.29, 0.717) is 12.1 Å². The third-order valence-electron chi connectivity index (χ3n) is 7.75. The van der Waals surface area contributed by atoms with Gasteiger partial charge < -0.3 is 10.2 Å². The lowest BCUT2D eigenvalue weighted by atomic mass is 10.0. The van der Waals surface area contributed by atoms with E-state index >= 15 is 0 Å². The number of hydrogen-bond acceptors (Lipinski definition) is 4. The smallest absolute Gasteiger partial charge is 0.244 e. The average molecular weight is 655 g/mol. The Morgan fingerprint density at radius 1 is 0.905 bits per heavy atom. The molecule has 1 atom stereocenters. The number of carbonyl (C=O) groups excluding carboxylic acids is 2. The molecule has 0 heterocycles. The minimum absolute atomic E-state index is 0.0439. The van der Waals surface area contributed by atoms with E-state index in [1.807, 2.05) is 80.6 Å². The maximum Gasteiger partial charge on any atom is 0.244 e. The second kappa shape index (κ2) is 14.3. The number of benzene rings is 3. The molecule has 0 aliphatic heterocycles. The molecule has 0 aromatic heterocycles. The standard InChI is InChI=1S/C33H40BrN3O4S/c1-24(2)29-15-9-10-16-30(29)37(42(3,40)41)23-32(38)36(22-26-17-19-27(34)20-18-26)31(21-25-11-5-4-6-12-25)33(39)35-28-13-7-8-14-28/h4-6,9-12,15-20,24,28,31H,7-8,13-14,21-23H2,1-3H3,(H,35,39). The fourth-order valence-corrected chi connectivity index (χ4v) is 6.64. The largest absolute Gasteiger partial charge is 0.352 e. The average Bonchev–Trinajstić information content (AvgIpc) is 3.47. The molecule has 1 unspecified atom stereocenters. The van der Waals surface area contributed by atoms with Gasteiger partial charge in [-0.15, -0.1) is 0 Å². The number of anilines is 1. The first-order valence-electron chi connectivity index (χ1n) is 14.5. The van der Waals surface area contributed by atoms with Gasteiger partial charge in [-0.05, 0) is 53.6 Å². The second-order valence-electron chi connectivity index (χ2n) is 11.3. The van der Waals surface area contributed by atoms with Gasteiger partial charge in [-0.1, -0.05) is 103 Å². The highest BCUT2D eigenvalue weighted by Crippen LogP contribution is 2.29. The maximum atomic E-state index is 14.3. The monoisotopic (exact) mass is 653 g/mol. The van der Waals surface area contributed by atoms with Gasteiger partial charge in [-0.3, -0.25) is 13.9 Å². The van der Waals surface area contributed by atoms with E-state index in [1.165, 1.54) is 4.31 Å². The first kappa shape index (κ1) is 31.8. The number of amides is 2. The predicted molar refractivity (Wildman–Crippen MR) is 172 cm³/mol. The van der Waals surface area contributed by atoms with Crippen molar-refractivity contribution >= 4 is 43.5 Å². The van der Waals surface area contributed by atoms with Gasteiger partial charge in [-0.2, -0.15) is 0 Å². The van der Waals surface area contributed by atoms with E-state index in [-0.39, 0.29) is 24.4 Å². The van der Waals surface area contributed by atoms with Crippen LogP contribution in [0.4, 0.5) is 5.69 Å². The van der Waals surface area contributed by atoms with Crippen molar-refractivity contribution in [1.29, 1.82) is 0 Å². The Morgan fingerprint density at radius 3 is 2.14 bits per heavy atom. The number of rotatable bonds is 12. The summed E-state index contributed by atoms with van der Waals surface area (Å²) in [5, 5.41) is 3.20. The maximum absolute atomic E-state index is 14.3. The molecule has 7 nitrogen and oxygen atoms in total. The number of carbonyl (C=O) groups is 2. The summed E-state index contributed by atoms with van der Waals surface area (Å²) in [6.45, 7) is 3.72. The molecular formula is C33H40BrN3O4S. The van der Waals surface area contributed by atoms with Crippen molar-refractivity contribution in [1.82, 2.24) is 10.2 Å². The normalized spacial score (nSPS) is 14.5. The molecule has 3 aromatic carbocycles. The van der Waals surface area contributed by atoms with Crippen molar-refractivity contribution in [2.45, 2.75) is 70.5 Å². The predicted octanol–water partition coefficient (Wildman–Crippen LogP) is 6.04. The number of sulfonamides is 1. The Kier molecular flexibility index (Phi) is 10.8. The van der Waals surface area contributed by atoms with E-state index < -0.39 is 28.5 Å². The molecule has 0 saturated heterocycles. The molecule has 1 N–H and O–H groups in total. The highest BCUT2D eigenvalue weighted by Gasteiger charge is 2.34. The molecular weight excluding hydrogens is 614 g/mol. The molecule has 1 saturated carbocycles. The molecule has 9 heteroatoms. The van der Waals surface area contributed by atoms with E-state index in [1.54, 1.807) is 17.0 Å². The van der Waals surface area contributed by atoms with Crippen LogP contribution in [0.15, 0.2) is 83.3 Å². The summed E-state index contributed by atoms with van der Waals surface area (Å²) >= 11 is 3.47. The zero-order chi connectivity index (χ0) is 30.3. The third kappa shape index (κ3) is 8.44. The summed E-state index contributed by atoms with van der Waals surface area (Å²) in [6.07, 6.45) is 5.38. The third-order valence-corrected chi connectivity index (χ3v) is 9.40. The zero-order valence-corrected chi connectivity index (χ0v) is 26.9. The highest BCUT2D eigenvalue weighted by atomic mass is 79.9. The van der Waals surface area contributed by atoms with Crippen LogP contribution in [0.25, 0.3) is 0 Å². The SMILES string of the molecule is CC(C)c1ccccc1N(CC(=O)N(Cc1ccc(Br)cc1)C(Cc1ccccc1)C(=O)NC1CCCC1)S(C)(=O)=O. The minimum atomic E-state index is -3.83. The van der Waals surface area contributed by atoms with Crippen molar-refractivity contribution < 1.29 is 18.0 Å². The Hall–Kier alpha value is -3.17. The van der Waals surface area contributed by atoms with Crippen LogP contribution in [-0.4, -0.2) is 50.0 Å². The van der Waals surface area contributed by atoms with Gasteiger partial charge in [0.25, 0.3) is 0 Å². The molecule has 3 aromatic rings. The van der Waals surface area contributed by atoms with E-state index in [0.717, 1.165) is 53.1 Å². The van der Waals surface area contributed by atoms with Crippen molar-refractivity contribution in [2.75, 3.05) is 17.1 Å². The molecule has 0 bridgehead atoms.